The van der Waals surface area contributed by atoms with Gasteiger partial charge in [0, 0.05) is 17.4 Å². The van der Waals surface area contributed by atoms with Crippen LogP contribution < -0.4 is 19.5 Å². The summed E-state index contributed by atoms with van der Waals surface area (Å²) in [4.78, 5) is 12.3. The molecule has 0 saturated carbocycles. The molecule has 0 atom stereocenters. The van der Waals surface area contributed by atoms with Crippen LogP contribution in [0.1, 0.15) is 5.56 Å². The molecule has 1 aromatic heterocycles. The molecule has 3 aromatic rings. The summed E-state index contributed by atoms with van der Waals surface area (Å²) in [7, 11) is -3.59. The van der Waals surface area contributed by atoms with Crippen LogP contribution in [0.25, 0.3) is 0 Å². The normalized spacial score (nSPS) is 13.0. The quantitative estimate of drug-likeness (QED) is 0.624. The minimum atomic E-state index is -3.59. The minimum Gasteiger partial charge on any atom is -0.486 e. The molecule has 0 saturated heterocycles. The fraction of sp³-hybridized carbons (Fsp3) is 0.150. The predicted molar refractivity (Wildman–Crippen MR) is 111 cm³/mol. The van der Waals surface area contributed by atoms with Crippen LogP contribution >= 0.6 is 11.3 Å². The Hall–Kier alpha value is -3.04. The first kappa shape index (κ1) is 19.3. The number of anilines is 2. The van der Waals surface area contributed by atoms with Gasteiger partial charge in [0.2, 0.25) is 5.91 Å². The summed E-state index contributed by atoms with van der Waals surface area (Å²) in [5.74, 6) is 1.08. The monoisotopic (exact) mass is 430 g/mol. The summed E-state index contributed by atoms with van der Waals surface area (Å²) in [6.45, 7) is 0.991. The topological polar surface area (TPSA) is 93.7 Å². The van der Waals surface area contributed by atoms with Crippen LogP contribution in [0, 0.1) is 0 Å². The zero-order chi connectivity index (χ0) is 20.3. The number of benzene rings is 2. The molecule has 1 aliphatic heterocycles. The summed E-state index contributed by atoms with van der Waals surface area (Å²) in [5.41, 5.74) is 1.83. The van der Waals surface area contributed by atoms with Gasteiger partial charge in [-0.2, -0.15) is 0 Å². The minimum absolute atomic E-state index is 0.159. The van der Waals surface area contributed by atoms with Gasteiger partial charge in [0.15, 0.2) is 11.5 Å². The van der Waals surface area contributed by atoms with Gasteiger partial charge in [-0.05, 0) is 41.3 Å². The summed E-state index contributed by atoms with van der Waals surface area (Å²) >= 11 is 1.15. The van der Waals surface area contributed by atoms with E-state index in [4.69, 9.17) is 9.47 Å². The van der Waals surface area contributed by atoms with E-state index in [1.165, 1.54) is 0 Å². The standard InChI is InChI=1S/C20H18N2O5S2/c23-19(21-16-7-8-17-18(13-16)27-10-9-26-17)12-14-3-5-15(6-4-14)22-29(24,25)20-2-1-11-28-20/h1-8,11,13,22H,9-10,12H2,(H,21,23). The van der Waals surface area contributed by atoms with Crippen molar-refractivity contribution in [3.8, 4) is 11.5 Å². The van der Waals surface area contributed by atoms with Gasteiger partial charge in [-0.15, -0.1) is 11.3 Å². The highest BCUT2D eigenvalue weighted by atomic mass is 32.2. The molecule has 150 valence electrons. The van der Waals surface area contributed by atoms with Gasteiger partial charge in [-0.3, -0.25) is 9.52 Å². The third-order valence-electron chi connectivity index (χ3n) is 4.16. The van der Waals surface area contributed by atoms with Crippen molar-refractivity contribution in [3.63, 3.8) is 0 Å². The van der Waals surface area contributed by atoms with Gasteiger partial charge in [-0.1, -0.05) is 18.2 Å². The molecule has 7 nitrogen and oxygen atoms in total. The Morgan fingerprint density at radius 1 is 0.966 bits per heavy atom. The van der Waals surface area contributed by atoms with Crippen LogP contribution in [0.4, 0.5) is 11.4 Å². The number of sulfonamides is 1. The third kappa shape index (κ3) is 4.69. The number of hydrogen-bond donors (Lipinski definition) is 2. The first-order valence-corrected chi connectivity index (χ1v) is 11.2. The number of hydrogen-bond acceptors (Lipinski definition) is 6. The van der Waals surface area contributed by atoms with Crippen molar-refractivity contribution in [2.75, 3.05) is 23.3 Å². The first-order valence-electron chi connectivity index (χ1n) is 8.84. The maximum absolute atomic E-state index is 12.3. The summed E-state index contributed by atoms with van der Waals surface area (Å²) in [6, 6.07) is 15.2. The van der Waals surface area contributed by atoms with E-state index in [-0.39, 0.29) is 16.5 Å². The van der Waals surface area contributed by atoms with Crippen LogP contribution in [0.5, 0.6) is 11.5 Å². The average Bonchev–Trinajstić information content (AvgIpc) is 3.25. The van der Waals surface area contributed by atoms with Crippen molar-refractivity contribution in [3.05, 3.63) is 65.5 Å². The average molecular weight is 431 g/mol. The van der Waals surface area contributed by atoms with Gasteiger partial charge in [-0.25, -0.2) is 8.42 Å². The van der Waals surface area contributed by atoms with Gasteiger partial charge < -0.3 is 14.8 Å². The Morgan fingerprint density at radius 3 is 2.41 bits per heavy atom. The molecule has 9 heteroatoms. The highest BCUT2D eigenvalue weighted by Gasteiger charge is 2.15. The highest BCUT2D eigenvalue weighted by Crippen LogP contribution is 2.32. The molecule has 0 radical (unpaired) electrons. The summed E-state index contributed by atoms with van der Waals surface area (Å²) in [6.07, 6.45) is 0.159. The van der Waals surface area contributed by atoms with Crippen molar-refractivity contribution < 1.29 is 22.7 Å². The molecule has 0 spiro atoms. The SMILES string of the molecule is O=C(Cc1ccc(NS(=O)(=O)c2cccs2)cc1)Nc1ccc2c(c1)OCCO2. The second-order valence-corrected chi connectivity index (χ2v) is 9.17. The lowest BCUT2D eigenvalue weighted by atomic mass is 10.1. The van der Waals surface area contributed by atoms with E-state index in [2.05, 4.69) is 10.0 Å². The fourth-order valence-electron chi connectivity index (χ4n) is 2.82. The van der Waals surface area contributed by atoms with E-state index in [0.717, 1.165) is 16.9 Å². The number of fused-ring (bicyclic) bond motifs is 1. The van der Waals surface area contributed by atoms with Gasteiger partial charge in [0.25, 0.3) is 10.0 Å². The molecule has 2 heterocycles. The van der Waals surface area contributed by atoms with Crippen LogP contribution in [0.3, 0.4) is 0 Å². The van der Waals surface area contributed by atoms with E-state index >= 15 is 0 Å². The van der Waals surface area contributed by atoms with E-state index in [0.29, 0.717) is 36.1 Å². The second-order valence-electron chi connectivity index (χ2n) is 6.32. The fourth-order valence-corrected chi connectivity index (χ4v) is 4.88. The lowest BCUT2D eigenvalue weighted by Gasteiger charge is -2.19. The van der Waals surface area contributed by atoms with Crippen LogP contribution in [0.15, 0.2) is 64.2 Å². The molecule has 2 aromatic carbocycles. The lowest BCUT2D eigenvalue weighted by Crippen LogP contribution is -2.17. The zero-order valence-corrected chi connectivity index (χ0v) is 16.9. The van der Waals surface area contributed by atoms with Crippen LogP contribution in [0.2, 0.25) is 0 Å². The second kappa shape index (κ2) is 8.14. The number of carbonyl (C=O) groups is 1. The number of thiophene rings is 1. The summed E-state index contributed by atoms with van der Waals surface area (Å²) in [5, 5.41) is 4.53. The molecule has 1 aliphatic rings. The van der Waals surface area contributed by atoms with Crippen molar-refractivity contribution in [1.29, 1.82) is 0 Å². The number of rotatable bonds is 6. The van der Waals surface area contributed by atoms with Crippen LogP contribution in [-0.4, -0.2) is 27.5 Å². The van der Waals surface area contributed by atoms with Crippen molar-refractivity contribution in [1.82, 2.24) is 0 Å². The van der Waals surface area contributed by atoms with E-state index in [9.17, 15) is 13.2 Å². The molecular weight excluding hydrogens is 412 g/mol. The molecule has 0 bridgehead atoms. The van der Waals surface area contributed by atoms with Gasteiger partial charge in [0.1, 0.15) is 17.4 Å². The zero-order valence-electron chi connectivity index (χ0n) is 15.3. The van der Waals surface area contributed by atoms with Crippen LogP contribution in [-0.2, 0) is 21.2 Å². The van der Waals surface area contributed by atoms with E-state index in [1.807, 2.05) is 0 Å². The van der Waals surface area contributed by atoms with Gasteiger partial charge >= 0.3 is 0 Å². The highest BCUT2D eigenvalue weighted by molar-refractivity contribution is 7.94. The Labute approximate surface area is 172 Å². The number of carbonyl (C=O) groups excluding carboxylic acids is 1. The first-order chi connectivity index (χ1) is 14.0. The maximum atomic E-state index is 12.3. The Kier molecular flexibility index (Phi) is 5.41. The number of amides is 1. The molecule has 0 unspecified atom stereocenters. The van der Waals surface area contributed by atoms with Gasteiger partial charge in [0.05, 0.1) is 6.42 Å². The predicted octanol–water partition coefficient (Wildman–Crippen LogP) is 3.50. The Morgan fingerprint density at radius 2 is 1.69 bits per heavy atom. The van der Waals surface area contributed by atoms with Crippen molar-refractivity contribution in [2.45, 2.75) is 10.6 Å². The van der Waals surface area contributed by atoms with E-state index < -0.39 is 10.0 Å². The van der Waals surface area contributed by atoms with Crippen molar-refractivity contribution >= 4 is 38.6 Å². The molecule has 0 aliphatic carbocycles. The molecule has 1 amide bonds. The molecule has 2 N–H and O–H groups in total. The Bertz CT molecular complexity index is 1110. The number of ether oxygens (including phenoxy) is 2. The largest absolute Gasteiger partial charge is 0.486 e. The van der Waals surface area contributed by atoms with Crippen molar-refractivity contribution in [2.24, 2.45) is 0 Å². The molecule has 4 rings (SSSR count). The lowest BCUT2D eigenvalue weighted by molar-refractivity contribution is -0.115. The number of nitrogens with one attached hydrogen (secondary N) is 2. The summed E-state index contributed by atoms with van der Waals surface area (Å²) < 4.78 is 38.2. The smallest absolute Gasteiger partial charge is 0.271 e. The van der Waals surface area contributed by atoms with E-state index in [1.54, 1.807) is 60.0 Å². The third-order valence-corrected chi connectivity index (χ3v) is 6.94. The maximum Gasteiger partial charge on any atom is 0.271 e. The molecule has 29 heavy (non-hydrogen) atoms. The Balaban J connectivity index is 1.37. The molecular formula is C20H18N2O5S2. The molecule has 0 fully saturated rings.